The van der Waals surface area contributed by atoms with Crippen molar-refractivity contribution < 1.29 is 74.5 Å². The van der Waals surface area contributed by atoms with Crippen molar-refractivity contribution in [1.82, 2.24) is 19.6 Å². The fourth-order valence-electron chi connectivity index (χ4n) is 12.1. The van der Waals surface area contributed by atoms with Crippen LogP contribution >= 0.6 is 0 Å². The largest absolute Gasteiger partial charge is 0.508 e. The summed E-state index contributed by atoms with van der Waals surface area (Å²) in [6.07, 6.45) is 3.38. The number of H-pyrrole nitrogens is 2. The maximum absolute atomic E-state index is 13.3. The Morgan fingerprint density at radius 3 is 1.32 bits per heavy atom. The minimum Gasteiger partial charge on any atom is -0.508 e. The second-order valence-electron chi connectivity index (χ2n) is 25.3. The van der Waals surface area contributed by atoms with Crippen LogP contribution in [0.4, 0.5) is 0 Å². The molecule has 2 aliphatic heterocycles. The van der Waals surface area contributed by atoms with E-state index in [1.165, 1.54) is 72.6 Å². The van der Waals surface area contributed by atoms with Gasteiger partial charge >= 0.3 is 0 Å². The summed E-state index contributed by atoms with van der Waals surface area (Å²) in [5, 5.41) is 115. The Kier molecular flexibility index (Phi) is 25.7. The zero-order valence-corrected chi connectivity index (χ0v) is 61.5. The third-order valence-electron chi connectivity index (χ3n) is 17.6. The van der Waals surface area contributed by atoms with Crippen molar-refractivity contribution in [3.63, 3.8) is 0 Å². The molecule has 0 aliphatic carbocycles. The van der Waals surface area contributed by atoms with E-state index in [1.807, 2.05) is 104 Å². The van der Waals surface area contributed by atoms with Crippen LogP contribution in [0, 0.1) is 13.8 Å². The number of fused-ring (bicyclic) bond motifs is 2. The van der Waals surface area contributed by atoms with Gasteiger partial charge in [-0.1, -0.05) is 146 Å². The van der Waals surface area contributed by atoms with Gasteiger partial charge < -0.3 is 70.7 Å². The van der Waals surface area contributed by atoms with E-state index in [0.29, 0.717) is 84.5 Å². The quantitative estimate of drug-likeness (QED) is 0.0196. The molecule has 0 spiro atoms. The molecule has 0 bridgehead atoms. The van der Waals surface area contributed by atoms with Crippen molar-refractivity contribution in [2.24, 2.45) is 31.3 Å². The summed E-state index contributed by atoms with van der Waals surface area (Å²) in [5.41, 5.74) is 8.25. The lowest BCUT2D eigenvalue weighted by molar-refractivity contribution is 0.0843. The van der Waals surface area contributed by atoms with Crippen molar-refractivity contribution in [2.45, 2.75) is 38.9 Å². The molecule has 2 unspecified atom stereocenters. The van der Waals surface area contributed by atoms with Gasteiger partial charge in [-0.05, 0) is 110 Å². The van der Waals surface area contributed by atoms with Crippen molar-refractivity contribution in [3.05, 3.63) is 348 Å². The molecule has 27 heteroatoms. The van der Waals surface area contributed by atoms with Gasteiger partial charge in [0.1, 0.15) is 80.8 Å². The predicted octanol–water partition coefficient (Wildman–Crippen LogP) is 13.8. The molecule has 11 aromatic carbocycles. The molecular formula is C87H76N10O17. The van der Waals surface area contributed by atoms with Crippen LogP contribution in [0.2, 0.25) is 0 Å². The lowest BCUT2D eigenvalue weighted by atomic mass is 9.94. The third-order valence-corrected chi connectivity index (χ3v) is 17.6. The van der Waals surface area contributed by atoms with Crippen LogP contribution in [-0.2, 0) is 0 Å². The van der Waals surface area contributed by atoms with Crippen molar-refractivity contribution >= 4 is 41.6 Å². The number of rotatable bonds is 15. The molecule has 0 fully saturated rings. The molecule has 576 valence electrons. The zero-order chi connectivity index (χ0) is 81.0. The molecule has 2 aliphatic rings. The summed E-state index contributed by atoms with van der Waals surface area (Å²) in [4.78, 5) is 50.5. The van der Waals surface area contributed by atoms with Gasteiger partial charge in [-0.25, -0.2) is 9.36 Å². The molecule has 2 aromatic heterocycles. The number of hydrogen-bond donors (Lipinski definition) is 12. The number of Topliss-reactive ketones (excluding diaryl/α,β-unsaturated/α-hetero) is 1. The highest BCUT2D eigenvalue weighted by atomic mass is 16.5. The van der Waals surface area contributed by atoms with Crippen molar-refractivity contribution in [3.8, 4) is 86.1 Å². The summed E-state index contributed by atoms with van der Waals surface area (Å²) >= 11 is 0. The number of nitrogens with two attached hydrogens (primary N) is 1. The molecule has 114 heavy (non-hydrogen) atoms. The molecule has 15 rings (SSSR count). The van der Waals surface area contributed by atoms with Crippen LogP contribution in [-0.4, -0.2) is 121 Å². The highest BCUT2D eigenvalue weighted by Crippen LogP contribution is 2.45. The number of benzene rings is 11. The van der Waals surface area contributed by atoms with Gasteiger partial charge in [0.2, 0.25) is 0 Å². The first-order chi connectivity index (χ1) is 55.1. The molecule has 0 saturated heterocycles. The van der Waals surface area contributed by atoms with E-state index < -0.39 is 12.2 Å². The fraction of sp³-hybridized carbons (Fsp3) is 0.0920. The Labute approximate surface area is 651 Å². The Balaban J connectivity index is 0.000000145. The molecule has 0 saturated carbocycles. The number of phenolic OH excluding ortho intramolecular Hbond substituents is 9. The van der Waals surface area contributed by atoms with E-state index in [0.717, 1.165) is 17.3 Å². The molecule has 0 radical (unpaired) electrons. The Morgan fingerprint density at radius 2 is 0.851 bits per heavy atom. The number of nitrogens with one attached hydrogen (secondary N) is 2. The average Bonchev–Trinajstić information content (AvgIpc) is 1.32. The topological polar surface area (TPSA) is 417 Å². The van der Waals surface area contributed by atoms with Gasteiger partial charge in [0.25, 0.3) is 11.1 Å². The highest BCUT2D eigenvalue weighted by Gasteiger charge is 2.33. The number of nitrogens with zero attached hydrogens (tertiary/aromatic N) is 7. The number of ether oxygens (including phenoxy) is 4. The number of carbonyl (C=O) groups is 2. The molecule has 13 N–H and O–H groups in total. The van der Waals surface area contributed by atoms with Gasteiger partial charge in [0.05, 0.1) is 67.5 Å². The number of aromatic hydroxyl groups is 9. The van der Waals surface area contributed by atoms with Crippen LogP contribution in [0.15, 0.2) is 290 Å². The van der Waals surface area contributed by atoms with Crippen LogP contribution in [0.5, 0.6) is 74.7 Å². The summed E-state index contributed by atoms with van der Waals surface area (Å²) < 4.78 is 24.6. The number of hydrogen-bond acceptors (Lipinski definition) is 23. The van der Waals surface area contributed by atoms with Gasteiger partial charge in [0.15, 0.2) is 34.6 Å². The Bertz CT molecular complexity index is 5880. The number of aromatic nitrogens is 4. The molecule has 13 aromatic rings. The molecule has 0 amide bonds. The minimum absolute atomic E-state index is 0.0249. The van der Waals surface area contributed by atoms with E-state index in [1.54, 1.807) is 128 Å². The molecule has 2 atom stereocenters. The first kappa shape index (κ1) is 79.4. The minimum atomic E-state index is -0.613. The van der Waals surface area contributed by atoms with Crippen LogP contribution < -0.4 is 35.9 Å². The van der Waals surface area contributed by atoms with E-state index in [2.05, 4.69) is 35.7 Å². The SMILES string of the molecule is COc1ccc(C2C/C(=N\N=C/c3ccccc3O)c3c(O)cc(O)cc3O2)cc1O.COc1ccc(C2CC(=O)c3c(O)cc(O)cc3O2)cc1O.Cc1[nH]n(-c2ccccc2)c(=O)c1/C(=N/N=C/c1ccccc1O)c1ccccc1.Cc1[nH]n(-c2ccccc2)c(=O)c1C(=O)c1ccccc1.N/N=C/c1ccccc1O. The van der Waals surface area contributed by atoms with Gasteiger partial charge in [0, 0.05) is 69.9 Å². The summed E-state index contributed by atoms with van der Waals surface area (Å²) in [7, 11) is 2.90. The summed E-state index contributed by atoms with van der Waals surface area (Å²) in [6.45, 7) is 3.57. The predicted molar refractivity (Wildman–Crippen MR) is 431 cm³/mol. The normalized spacial score (nSPS) is 13.8. The highest BCUT2D eigenvalue weighted by molar-refractivity contribution is 6.14. The number of methoxy groups -OCH3 is 2. The van der Waals surface area contributed by atoms with Crippen LogP contribution in [0.1, 0.15) is 107 Å². The second kappa shape index (κ2) is 37.0. The van der Waals surface area contributed by atoms with E-state index in [9.17, 15) is 60.0 Å². The second-order valence-corrected chi connectivity index (χ2v) is 25.3. The van der Waals surface area contributed by atoms with E-state index >= 15 is 0 Å². The summed E-state index contributed by atoms with van der Waals surface area (Å²) in [5.74, 6) is 4.77. The average molecular weight is 1530 g/mol. The van der Waals surface area contributed by atoms with E-state index in [4.69, 9.17) is 29.9 Å². The monoisotopic (exact) mass is 1530 g/mol. The van der Waals surface area contributed by atoms with Gasteiger partial charge in [-0.3, -0.25) is 29.4 Å². The Hall–Kier alpha value is -15.7. The molecule has 4 heterocycles. The fourth-order valence-corrected chi connectivity index (χ4v) is 12.1. The maximum Gasteiger partial charge on any atom is 0.282 e. The number of carbonyl (C=O) groups excluding carboxylic acids is 2. The van der Waals surface area contributed by atoms with Gasteiger partial charge in [-0.2, -0.15) is 20.4 Å². The smallest absolute Gasteiger partial charge is 0.282 e. The molecule has 27 nitrogen and oxygen atoms in total. The van der Waals surface area contributed by atoms with E-state index in [-0.39, 0.29) is 110 Å². The lowest BCUT2D eigenvalue weighted by Gasteiger charge is -2.28. The lowest BCUT2D eigenvalue weighted by Crippen LogP contribution is -2.21. The van der Waals surface area contributed by atoms with Gasteiger partial charge in [-0.15, -0.1) is 5.10 Å². The van der Waals surface area contributed by atoms with Crippen molar-refractivity contribution in [1.29, 1.82) is 0 Å². The number of hydrazone groups is 1. The first-order valence-electron chi connectivity index (χ1n) is 35.0. The maximum atomic E-state index is 13.3. The van der Waals surface area contributed by atoms with Crippen LogP contribution in [0.25, 0.3) is 11.4 Å². The number of phenols is 9. The number of aryl methyl sites for hydroxylation is 2. The zero-order valence-electron chi connectivity index (χ0n) is 61.5. The Morgan fingerprint density at radius 1 is 0.447 bits per heavy atom. The van der Waals surface area contributed by atoms with Crippen LogP contribution in [0.3, 0.4) is 0 Å². The first-order valence-corrected chi connectivity index (χ1v) is 35.0. The number of ketones is 2. The molecular weight excluding hydrogens is 1460 g/mol. The number of para-hydroxylation sites is 5. The third kappa shape index (κ3) is 19.1. The number of aromatic amines is 2. The standard InChI is InChI=1S/C24H20N4O2.C23H20N2O6.C17H14N2O2.C16H14O6.C7H8N2O/c1-17-22(24(30)28(27-17)20-13-6-3-7-14-20)23(18-10-4-2-5-11-18)26-25-16-19-12-8-9-15-21(19)29;1-30-20-7-6-13(8-18(20)28)21-11-16(23-19(29)9-15(26)10-22(23)31-21)25-24-12-14-4-2-3-5-17(14)27;1-12-15(16(20)13-8-4-2-5-9-13)17(21)19(18-12)14-10-6-3-7-11-14;1-21-13-3-2-8(4-10(13)18)14-7-12(20)16-11(19)5-9(17)6-15(16)22-14;8-9-5-6-3-1-2-4-7(6)10/h2-16,27,29H,1H3;2-10,12,21,26-29H,11H2,1H3;2-11,18H,1H3;2-6,14,17-19H,7H2,1H3;1-5,10H,8H2/b25-16+,26-23+;24-12-,25-16+;;;9-5+. The summed E-state index contributed by atoms with van der Waals surface area (Å²) in [6, 6.07) is 71.8. The van der Waals surface area contributed by atoms with Crippen molar-refractivity contribution in [2.75, 3.05) is 14.2 Å².